The summed E-state index contributed by atoms with van der Waals surface area (Å²) in [6.07, 6.45) is 0. The molecule has 0 aliphatic heterocycles. The Morgan fingerprint density at radius 2 is 1.85 bits per heavy atom. The molecule has 72 valence electrons. The molecule has 0 amide bonds. The summed E-state index contributed by atoms with van der Waals surface area (Å²) in [6.45, 7) is 1.96. The average molecular weight is 346 g/mol. The van der Waals surface area contributed by atoms with Crippen LogP contribution in [0.5, 0.6) is 5.75 Å². The van der Waals surface area contributed by atoms with Crippen LogP contribution >= 0.6 is 26.8 Å². The van der Waals surface area contributed by atoms with Crippen LogP contribution in [-0.2, 0) is 0 Å². The SMILES string of the molecule is COc1ccc(C)c[c]1[Sn]([Cl])([Cl])[Cl]. The number of halogens is 3. The maximum atomic E-state index is 5.98. The van der Waals surface area contributed by atoms with E-state index in [2.05, 4.69) is 0 Å². The third kappa shape index (κ3) is 3.08. The molecule has 0 heterocycles. The fraction of sp³-hybridized carbons (Fsp3) is 0.250. The summed E-state index contributed by atoms with van der Waals surface area (Å²) in [6, 6.07) is 5.66. The average Bonchev–Trinajstić information content (AvgIpc) is 2.03. The quantitative estimate of drug-likeness (QED) is 0.749. The monoisotopic (exact) mass is 346 g/mol. The molecule has 1 aromatic carbocycles. The van der Waals surface area contributed by atoms with Crippen LogP contribution in [0.2, 0.25) is 0 Å². The summed E-state index contributed by atoms with van der Waals surface area (Å²) < 4.78 is 5.91. The van der Waals surface area contributed by atoms with Gasteiger partial charge in [-0.2, -0.15) is 0 Å². The Hall–Kier alpha value is 0.689. The van der Waals surface area contributed by atoms with Crippen molar-refractivity contribution in [3.63, 3.8) is 0 Å². The van der Waals surface area contributed by atoms with Crippen LogP contribution in [0.3, 0.4) is 0 Å². The second-order valence-electron chi connectivity index (χ2n) is 2.70. The van der Waals surface area contributed by atoms with Gasteiger partial charge in [0.1, 0.15) is 0 Å². The molecular weight excluding hydrogens is 337 g/mol. The van der Waals surface area contributed by atoms with Crippen molar-refractivity contribution in [2.75, 3.05) is 7.11 Å². The Morgan fingerprint density at radius 1 is 1.23 bits per heavy atom. The maximum absolute atomic E-state index is 5.98. The predicted molar refractivity (Wildman–Crippen MR) is 60.7 cm³/mol. The molecule has 0 aromatic heterocycles. The van der Waals surface area contributed by atoms with E-state index in [9.17, 15) is 0 Å². The molecule has 0 spiro atoms. The normalized spacial score (nSPS) is 11.5. The standard InChI is InChI=1S/C8H9O.3ClH.Sn/c1-7-3-5-8(9-2)6-4-7;;;;/h3-5H,1-2H3;3*1H;/q;;;;+3/p-3. The first kappa shape index (κ1) is 11.8. The number of aryl methyl sites for hydroxylation is 1. The Morgan fingerprint density at radius 3 is 2.31 bits per heavy atom. The Labute approximate surface area is 93.0 Å². The molecule has 1 nitrogen and oxygen atoms in total. The van der Waals surface area contributed by atoms with Crippen LogP contribution in [0, 0.1) is 6.92 Å². The van der Waals surface area contributed by atoms with Crippen molar-refractivity contribution in [1.82, 2.24) is 0 Å². The predicted octanol–water partition coefficient (Wildman–Crippen LogP) is 2.87. The van der Waals surface area contributed by atoms with Crippen LogP contribution in [0.25, 0.3) is 0 Å². The number of hydrogen-bond acceptors (Lipinski definition) is 1. The second-order valence-corrected chi connectivity index (χ2v) is 22.4. The summed E-state index contributed by atoms with van der Waals surface area (Å²) in [5.41, 5.74) is 1.08. The van der Waals surface area contributed by atoms with E-state index in [0.717, 1.165) is 9.14 Å². The summed E-state index contributed by atoms with van der Waals surface area (Å²) >= 11 is -3.56. The summed E-state index contributed by atoms with van der Waals surface area (Å²) in [7, 11) is 19.5. The molecule has 0 aliphatic rings. The Balaban J connectivity index is 3.24. The molecule has 0 saturated heterocycles. The molecule has 0 saturated carbocycles. The van der Waals surface area contributed by atoms with Crippen molar-refractivity contribution >= 4 is 45.3 Å². The Bertz CT molecular complexity index is 309. The third-order valence-corrected chi connectivity index (χ3v) is 8.62. The molecule has 0 unspecified atom stereocenters. The zero-order chi connectivity index (χ0) is 10.1. The van der Waals surface area contributed by atoms with Gasteiger partial charge in [-0.25, -0.2) is 0 Å². The molecule has 5 heteroatoms. The van der Waals surface area contributed by atoms with Crippen LogP contribution in [-0.4, -0.2) is 22.1 Å². The zero-order valence-corrected chi connectivity index (χ0v) is 12.4. The number of benzene rings is 1. The number of hydrogen-bond donors (Lipinski definition) is 0. The van der Waals surface area contributed by atoms with E-state index >= 15 is 0 Å². The van der Waals surface area contributed by atoms with Gasteiger partial charge >= 0.3 is 93.6 Å². The van der Waals surface area contributed by atoms with Crippen molar-refractivity contribution in [3.05, 3.63) is 23.8 Å². The second kappa shape index (κ2) is 4.47. The molecule has 0 aliphatic carbocycles. The van der Waals surface area contributed by atoms with E-state index in [1.165, 1.54) is 0 Å². The fourth-order valence-corrected chi connectivity index (χ4v) is 6.46. The first-order valence-corrected chi connectivity index (χ1v) is 15.9. The van der Waals surface area contributed by atoms with Gasteiger partial charge in [0, 0.05) is 0 Å². The first-order valence-electron chi connectivity index (χ1n) is 3.67. The van der Waals surface area contributed by atoms with Gasteiger partial charge in [-0.3, -0.25) is 0 Å². The minimum atomic E-state index is -3.56. The van der Waals surface area contributed by atoms with E-state index in [4.69, 9.17) is 31.5 Å². The Kier molecular flexibility index (Phi) is 4.05. The topological polar surface area (TPSA) is 9.23 Å². The van der Waals surface area contributed by atoms with Gasteiger partial charge in [-0.1, -0.05) is 0 Å². The van der Waals surface area contributed by atoms with Crippen molar-refractivity contribution in [1.29, 1.82) is 0 Å². The van der Waals surface area contributed by atoms with Crippen LogP contribution in [0.1, 0.15) is 5.56 Å². The van der Waals surface area contributed by atoms with Gasteiger partial charge in [-0.05, 0) is 0 Å². The van der Waals surface area contributed by atoms with E-state index < -0.39 is 15.0 Å². The van der Waals surface area contributed by atoms with Gasteiger partial charge in [0.15, 0.2) is 0 Å². The number of methoxy groups -OCH3 is 1. The van der Waals surface area contributed by atoms with E-state index in [1.54, 1.807) is 7.11 Å². The molecule has 0 fully saturated rings. The van der Waals surface area contributed by atoms with Gasteiger partial charge < -0.3 is 0 Å². The van der Waals surface area contributed by atoms with Crippen molar-refractivity contribution in [2.45, 2.75) is 6.92 Å². The van der Waals surface area contributed by atoms with Gasteiger partial charge in [-0.15, -0.1) is 0 Å². The molecule has 1 rings (SSSR count). The van der Waals surface area contributed by atoms with Crippen LogP contribution in [0.4, 0.5) is 0 Å². The van der Waals surface area contributed by atoms with Gasteiger partial charge in [0.05, 0.1) is 0 Å². The van der Waals surface area contributed by atoms with E-state index in [1.807, 2.05) is 25.1 Å². The molecule has 0 atom stereocenters. The zero-order valence-electron chi connectivity index (χ0n) is 7.27. The summed E-state index contributed by atoms with van der Waals surface area (Å²) in [5.74, 6) is 0.682. The molecule has 0 bridgehead atoms. The van der Waals surface area contributed by atoms with E-state index in [0.29, 0.717) is 5.75 Å². The minimum absolute atomic E-state index is 0.682. The number of ether oxygens (including phenoxy) is 1. The summed E-state index contributed by atoms with van der Waals surface area (Å²) in [5, 5.41) is 0. The fourth-order valence-electron chi connectivity index (χ4n) is 1.04. The van der Waals surface area contributed by atoms with E-state index in [-0.39, 0.29) is 0 Å². The van der Waals surface area contributed by atoms with Crippen molar-refractivity contribution in [2.24, 2.45) is 0 Å². The van der Waals surface area contributed by atoms with Crippen LogP contribution < -0.4 is 8.32 Å². The van der Waals surface area contributed by atoms with Gasteiger partial charge in [0.25, 0.3) is 0 Å². The molecule has 0 radical (unpaired) electrons. The van der Waals surface area contributed by atoms with Crippen LogP contribution in [0.15, 0.2) is 18.2 Å². The van der Waals surface area contributed by atoms with Gasteiger partial charge in [0.2, 0.25) is 0 Å². The molecular formula is C8H9Cl3OSn. The van der Waals surface area contributed by atoms with Crippen molar-refractivity contribution in [3.8, 4) is 5.75 Å². The number of rotatable bonds is 2. The van der Waals surface area contributed by atoms with Crippen molar-refractivity contribution < 1.29 is 4.74 Å². The first-order chi connectivity index (χ1) is 5.95. The summed E-state index contributed by atoms with van der Waals surface area (Å²) in [4.78, 5) is 0. The third-order valence-electron chi connectivity index (χ3n) is 1.66. The molecule has 0 N–H and O–H groups in total. The molecule has 1 aromatic rings. The molecule has 13 heavy (non-hydrogen) atoms.